The quantitative estimate of drug-likeness (QED) is 0.177. The molecule has 2 rings (SSSR count). The standard InChI is InChI=1S/C24H31N5O6/c25-19(12-17-6-8-18(31)9-7-17)23(34)27-15-22(33)29-20(13-16-4-2-1-3-5-16)24(35)28-14-21(32)26-10-11-30/h1-9,19-20,30-31H,10-15,25H2,(H,26,32)(H,27,34)(H,28,35)(H,29,33)/t19-,20-/m0/s1. The van der Waals surface area contributed by atoms with E-state index in [1.165, 1.54) is 12.1 Å². The van der Waals surface area contributed by atoms with Crippen LogP contribution in [-0.4, -0.2) is 72.2 Å². The number of phenolic OH excluding ortho intramolecular Hbond substituents is 1. The molecule has 35 heavy (non-hydrogen) atoms. The van der Waals surface area contributed by atoms with E-state index in [0.29, 0.717) is 0 Å². The summed E-state index contributed by atoms with van der Waals surface area (Å²) in [7, 11) is 0. The maximum Gasteiger partial charge on any atom is 0.243 e. The summed E-state index contributed by atoms with van der Waals surface area (Å²) in [5.74, 6) is -2.10. The second-order valence-electron chi connectivity index (χ2n) is 7.80. The average molecular weight is 486 g/mol. The minimum Gasteiger partial charge on any atom is -0.508 e. The van der Waals surface area contributed by atoms with E-state index in [1.807, 2.05) is 6.07 Å². The SMILES string of the molecule is N[C@@H](Cc1ccc(O)cc1)C(=O)NCC(=O)N[C@@H](Cc1ccccc1)C(=O)NCC(=O)NCCO. The number of amides is 4. The first-order chi connectivity index (χ1) is 16.8. The maximum absolute atomic E-state index is 12.7. The van der Waals surface area contributed by atoms with Gasteiger partial charge in [0, 0.05) is 13.0 Å². The van der Waals surface area contributed by atoms with E-state index in [0.717, 1.165) is 11.1 Å². The van der Waals surface area contributed by atoms with Crippen LogP contribution >= 0.6 is 0 Å². The molecule has 8 N–H and O–H groups in total. The van der Waals surface area contributed by atoms with E-state index in [1.54, 1.807) is 36.4 Å². The molecule has 0 saturated carbocycles. The van der Waals surface area contributed by atoms with Gasteiger partial charge in [-0.3, -0.25) is 19.2 Å². The molecule has 0 aliphatic rings. The fourth-order valence-corrected chi connectivity index (χ4v) is 3.13. The van der Waals surface area contributed by atoms with Crippen molar-refractivity contribution in [3.05, 3.63) is 65.7 Å². The van der Waals surface area contributed by atoms with Crippen molar-refractivity contribution in [2.24, 2.45) is 5.73 Å². The van der Waals surface area contributed by atoms with Crippen molar-refractivity contribution in [3.63, 3.8) is 0 Å². The first kappa shape index (κ1) is 27.3. The molecule has 0 aliphatic heterocycles. The summed E-state index contributed by atoms with van der Waals surface area (Å²) in [6, 6.07) is 13.4. The number of hydrogen-bond donors (Lipinski definition) is 7. The van der Waals surface area contributed by atoms with Gasteiger partial charge in [0.15, 0.2) is 0 Å². The van der Waals surface area contributed by atoms with Gasteiger partial charge in [-0.2, -0.15) is 0 Å². The molecule has 0 saturated heterocycles. The Morgan fingerprint density at radius 1 is 0.771 bits per heavy atom. The Hall–Kier alpha value is -3.96. The van der Waals surface area contributed by atoms with Gasteiger partial charge in [-0.1, -0.05) is 42.5 Å². The smallest absolute Gasteiger partial charge is 0.243 e. The van der Waals surface area contributed by atoms with Crippen molar-refractivity contribution < 1.29 is 29.4 Å². The predicted molar refractivity (Wildman–Crippen MR) is 128 cm³/mol. The number of aromatic hydroxyl groups is 1. The van der Waals surface area contributed by atoms with Crippen LogP contribution in [0.25, 0.3) is 0 Å². The van der Waals surface area contributed by atoms with Gasteiger partial charge in [0.1, 0.15) is 11.8 Å². The molecule has 11 heteroatoms. The molecule has 11 nitrogen and oxygen atoms in total. The Morgan fingerprint density at radius 2 is 1.37 bits per heavy atom. The molecule has 2 aromatic rings. The third-order valence-electron chi connectivity index (χ3n) is 4.94. The van der Waals surface area contributed by atoms with Crippen molar-refractivity contribution in [2.45, 2.75) is 24.9 Å². The number of hydrogen-bond acceptors (Lipinski definition) is 7. The molecule has 0 fully saturated rings. The summed E-state index contributed by atoms with van der Waals surface area (Å²) >= 11 is 0. The number of aliphatic hydroxyl groups is 1. The van der Waals surface area contributed by atoms with Gasteiger partial charge >= 0.3 is 0 Å². The summed E-state index contributed by atoms with van der Waals surface area (Å²) in [5.41, 5.74) is 7.44. The Kier molecular flexibility index (Phi) is 11.2. The molecule has 2 atom stereocenters. The van der Waals surface area contributed by atoms with Crippen molar-refractivity contribution in [2.75, 3.05) is 26.2 Å². The van der Waals surface area contributed by atoms with E-state index >= 15 is 0 Å². The monoisotopic (exact) mass is 485 g/mol. The van der Waals surface area contributed by atoms with Crippen LogP contribution in [0.5, 0.6) is 5.75 Å². The van der Waals surface area contributed by atoms with Crippen molar-refractivity contribution in [1.82, 2.24) is 21.3 Å². The highest BCUT2D eigenvalue weighted by Gasteiger charge is 2.23. The van der Waals surface area contributed by atoms with Crippen LogP contribution in [0.2, 0.25) is 0 Å². The first-order valence-corrected chi connectivity index (χ1v) is 11.1. The van der Waals surface area contributed by atoms with Gasteiger partial charge in [0.2, 0.25) is 23.6 Å². The molecule has 0 unspecified atom stereocenters. The molecule has 2 aromatic carbocycles. The van der Waals surface area contributed by atoms with Crippen LogP contribution in [0.15, 0.2) is 54.6 Å². The molecule has 0 bridgehead atoms. The molecule has 0 radical (unpaired) electrons. The largest absolute Gasteiger partial charge is 0.508 e. The minimum absolute atomic E-state index is 0.0630. The Morgan fingerprint density at radius 3 is 2.03 bits per heavy atom. The molecule has 0 aromatic heterocycles. The van der Waals surface area contributed by atoms with Crippen molar-refractivity contribution >= 4 is 23.6 Å². The van der Waals surface area contributed by atoms with Gasteiger partial charge in [-0.05, 0) is 29.7 Å². The number of rotatable bonds is 13. The number of nitrogens with one attached hydrogen (secondary N) is 4. The summed E-state index contributed by atoms with van der Waals surface area (Å²) in [4.78, 5) is 49.1. The van der Waals surface area contributed by atoms with Crippen LogP contribution in [0.4, 0.5) is 0 Å². The van der Waals surface area contributed by atoms with Gasteiger partial charge in [0.05, 0.1) is 25.7 Å². The van der Waals surface area contributed by atoms with E-state index in [9.17, 15) is 24.3 Å². The highest BCUT2D eigenvalue weighted by atomic mass is 16.3. The highest BCUT2D eigenvalue weighted by molar-refractivity contribution is 5.92. The third-order valence-corrected chi connectivity index (χ3v) is 4.94. The number of carbonyl (C=O) groups is 4. The van der Waals surface area contributed by atoms with Crippen LogP contribution in [0.1, 0.15) is 11.1 Å². The first-order valence-electron chi connectivity index (χ1n) is 11.1. The Bertz CT molecular complexity index is 984. The van der Waals surface area contributed by atoms with Crippen LogP contribution in [0, 0.1) is 0 Å². The van der Waals surface area contributed by atoms with Gasteiger partial charge in [0.25, 0.3) is 0 Å². The molecule has 0 heterocycles. The lowest BCUT2D eigenvalue weighted by molar-refractivity contribution is -0.131. The second-order valence-corrected chi connectivity index (χ2v) is 7.80. The van der Waals surface area contributed by atoms with Gasteiger partial charge < -0.3 is 37.2 Å². The number of aliphatic hydroxyl groups excluding tert-OH is 1. The van der Waals surface area contributed by atoms with E-state index in [4.69, 9.17) is 10.8 Å². The summed E-state index contributed by atoms with van der Waals surface area (Å²) in [6.07, 6.45) is 0.385. The normalized spacial score (nSPS) is 12.2. The average Bonchev–Trinajstić information content (AvgIpc) is 2.86. The highest BCUT2D eigenvalue weighted by Crippen LogP contribution is 2.11. The third kappa shape index (κ3) is 10.2. The maximum atomic E-state index is 12.7. The van der Waals surface area contributed by atoms with E-state index in [2.05, 4.69) is 21.3 Å². The minimum atomic E-state index is -0.988. The van der Waals surface area contributed by atoms with Gasteiger partial charge in [-0.15, -0.1) is 0 Å². The number of nitrogens with two attached hydrogens (primary N) is 1. The van der Waals surface area contributed by atoms with Crippen LogP contribution < -0.4 is 27.0 Å². The van der Waals surface area contributed by atoms with E-state index < -0.39 is 42.3 Å². The molecule has 0 aliphatic carbocycles. The van der Waals surface area contributed by atoms with Crippen LogP contribution in [0.3, 0.4) is 0 Å². The lowest BCUT2D eigenvalue weighted by Crippen LogP contribution is -2.53. The van der Waals surface area contributed by atoms with E-state index in [-0.39, 0.29) is 38.3 Å². The fourth-order valence-electron chi connectivity index (χ4n) is 3.13. The lowest BCUT2D eigenvalue weighted by atomic mass is 10.0. The number of phenols is 1. The zero-order chi connectivity index (χ0) is 25.6. The molecule has 4 amide bonds. The molecular weight excluding hydrogens is 454 g/mol. The Labute approximate surface area is 203 Å². The summed E-state index contributed by atoms with van der Waals surface area (Å²) in [6.45, 7) is -0.870. The van der Waals surface area contributed by atoms with Gasteiger partial charge in [-0.25, -0.2) is 0 Å². The van der Waals surface area contributed by atoms with Crippen molar-refractivity contribution in [1.29, 1.82) is 0 Å². The Balaban J connectivity index is 1.90. The lowest BCUT2D eigenvalue weighted by Gasteiger charge is -2.19. The molecule has 0 spiro atoms. The predicted octanol–water partition coefficient (Wildman–Crippen LogP) is -1.67. The van der Waals surface area contributed by atoms with Crippen molar-refractivity contribution in [3.8, 4) is 5.75 Å². The fraction of sp³-hybridized carbons (Fsp3) is 0.333. The zero-order valence-electron chi connectivity index (χ0n) is 19.2. The summed E-state index contributed by atoms with van der Waals surface area (Å²) < 4.78 is 0. The second kappa shape index (κ2) is 14.3. The number of benzene rings is 2. The molecular formula is C24H31N5O6. The topological polar surface area (TPSA) is 183 Å². The number of carbonyl (C=O) groups excluding carboxylic acids is 4. The van der Waals surface area contributed by atoms with Crippen LogP contribution in [-0.2, 0) is 32.0 Å². The zero-order valence-corrected chi connectivity index (χ0v) is 19.2. The summed E-state index contributed by atoms with van der Waals surface area (Å²) in [5, 5.41) is 28.0. The molecule has 188 valence electrons.